The summed E-state index contributed by atoms with van der Waals surface area (Å²) in [6.07, 6.45) is 0.978. The molecule has 0 aromatic heterocycles. The SMILES string of the molecule is CCCOC(=O)CCCC(=O)N1COc2ccccc2S1(=O)=O. The van der Waals surface area contributed by atoms with E-state index in [1.54, 1.807) is 18.2 Å². The van der Waals surface area contributed by atoms with Crippen LogP contribution in [0.1, 0.15) is 32.6 Å². The number of sulfonamides is 1. The molecular weight excluding hydrogens is 322 g/mol. The summed E-state index contributed by atoms with van der Waals surface area (Å²) in [6.45, 7) is 1.88. The van der Waals surface area contributed by atoms with Crippen molar-refractivity contribution in [3.63, 3.8) is 0 Å². The van der Waals surface area contributed by atoms with E-state index in [0.717, 1.165) is 6.42 Å². The second kappa shape index (κ2) is 7.45. The topological polar surface area (TPSA) is 90.0 Å². The predicted molar refractivity (Wildman–Crippen MR) is 81.1 cm³/mol. The van der Waals surface area contributed by atoms with Gasteiger partial charge < -0.3 is 9.47 Å². The molecule has 0 fully saturated rings. The first kappa shape index (κ1) is 17.3. The first-order chi connectivity index (χ1) is 11.0. The van der Waals surface area contributed by atoms with Gasteiger partial charge in [-0.1, -0.05) is 19.1 Å². The van der Waals surface area contributed by atoms with Gasteiger partial charge in [0, 0.05) is 12.8 Å². The maximum Gasteiger partial charge on any atom is 0.305 e. The zero-order valence-electron chi connectivity index (χ0n) is 12.9. The van der Waals surface area contributed by atoms with Crippen LogP contribution < -0.4 is 4.74 Å². The fourth-order valence-electron chi connectivity index (χ4n) is 2.10. The molecule has 2 rings (SSSR count). The van der Waals surface area contributed by atoms with E-state index < -0.39 is 15.9 Å². The van der Waals surface area contributed by atoms with Crippen LogP contribution >= 0.6 is 0 Å². The standard InChI is InChI=1S/C15H19NO6S/c1-2-10-21-15(18)9-5-8-14(17)16-11-22-12-6-3-4-7-13(12)23(16,19)20/h3-4,6-7H,2,5,8-11H2,1H3. The van der Waals surface area contributed by atoms with Crippen molar-refractivity contribution in [1.82, 2.24) is 4.31 Å². The Morgan fingerprint density at radius 2 is 2.00 bits per heavy atom. The largest absolute Gasteiger partial charge is 0.470 e. The van der Waals surface area contributed by atoms with E-state index in [2.05, 4.69) is 0 Å². The van der Waals surface area contributed by atoms with Crippen molar-refractivity contribution in [2.24, 2.45) is 0 Å². The number of carbonyl (C=O) groups is 2. The third-order valence-electron chi connectivity index (χ3n) is 3.27. The number of carbonyl (C=O) groups excluding carboxylic acids is 2. The fourth-order valence-corrected chi connectivity index (χ4v) is 3.52. The first-order valence-electron chi connectivity index (χ1n) is 7.40. The summed E-state index contributed by atoms with van der Waals surface area (Å²) in [4.78, 5) is 23.5. The van der Waals surface area contributed by atoms with Crippen LogP contribution in [0, 0.1) is 0 Å². The Balaban J connectivity index is 1.95. The molecule has 23 heavy (non-hydrogen) atoms. The molecule has 0 saturated heterocycles. The third kappa shape index (κ3) is 4.01. The number of para-hydroxylation sites is 1. The third-order valence-corrected chi connectivity index (χ3v) is 5.05. The van der Waals surface area contributed by atoms with Crippen molar-refractivity contribution in [2.75, 3.05) is 13.3 Å². The number of esters is 1. The molecule has 8 heteroatoms. The van der Waals surface area contributed by atoms with Crippen LogP contribution in [0.2, 0.25) is 0 Å². The summed E-state index contributed by atoms with van der Waals surface area (Å²) in [5.74, 6) is -0.745. The summed E-state index contributed by atoms with van der Waals surface area (Å²) < 4.78 is 35.7. The van der Waals surface area contributed by atoms with Crippen LogP contribution in [-0.4, -0.2) is 37.9 Å². The van der Waals surface area contributed by atoms with Crippen LogP contribution in [0.15, 0.2) is 29.2 Å². The molecule has 0 saturated carbocycles. The summed E-state index contributed by atoms with van der Waals surface area (Å²) in [5.41, 5.74) is 0. The zero-order chi connectivity index (χ0) is 16.9. The molecule has 0 bridgehead atoms. The van der Waals surface area contributed by atoms with E-state index in [9.17, 15) is 18.0 Å². The molecule has 0 unspecified atom stereocenters. The normalized spacial score (nSPS) is 15.4. The molecule has 0 N–H and O–H groups in total. The second-order valence-electron chi connectivity index (χ2n) is 5.04. The number of rotatable bonds is 6. The van der Waals surface area contributed by atoms with Gasteiger partial charge >= 0.3 is 5.97 Å². The van der Waals surface area contributed by atoms with Gasteiger partial charge in [-0.3, -0.25) is 9.59 Å². The Labute approximate surface area is 135 Å². The number of amides is 1. The van der Waals surface area contributed by atoms with Crippen molar-refractivity contribution in [3.8, 4) is 5.75 Å². The Morgan fingerprint density at radius 1 is 1.26 bits per heavy atom. The minimum atomic E-state index is -3.90. The molecule has 1 aliphatic heterocycles. The minimum Gasteiger partial charge on any atom is -0.470 e. The molecule has 0 atom stereocenters. The van der Waals surface area contributed by atoms with Gasteiger partial charge in [0.25, 0.3) is 10.0 Å². The van der Waals surface area contributed by atoms with Crippen molar-refractivity contribution >= 4 is 21.9 Å². The van der Waals surface area contributed by atoms with Crippen molar-refractivity contribution in [1.29, 1.82) is 0 Å². The number of benzene rings is 1. The number of hydrogen-bond acceptors (Lipinski definition) is 6. The van der Waals surface area contributed by atoms with Crippen LogP contribution in [-0.2, 0) is 24.3 Å². The van der Waals surface area contributed by atoms with E-state index in [1.165, 1.54) is 6.07 Å². The fraction of sp³-hybridized carbons (Fsp3) is 0.467. The summed E-state index contributed by atoms with van der Waals surface area (Å²) in [6, 6.07) is 6.16. The molecule has 1 aliphatic rings. The lowest BCUT2D eigenvalue weighted by molar-refractivity contribution is -0.143. The van der Waals surface area contributed by atoms with Gasteiger partial charge in [-0.15, -0.1) is 0 Å². The lowest BCUT2D eigenvalue weighted by Crippen LogP contribution is -2.42. The quantitative estimate of drug-likeness (QED) is 0.731. The second-order valence-corrected chi connectivity index (χ2v) is 6.87. The van der Waals surface area contributed by atoms with Crippen LogP contribution in [0.3, 0.4) is 0 Å². The van der Waals surface area contributed by atoms with E-state index in [-0.39, 0.29) is 42.6 Å². The van der Waals surface area contributed by atoms with Crippen molar-refractivity contribution in [3.05, 3.63) is 24.3 Å². The van der Waals surface area contributed by atoms with Crippen LogP contribution in [0.25, 0.3) is 0 Å². The smallest absolute Gasteiger partial charge is 0.305 e. The number of hydrogen-bond donors (Lipinski definition) is 0. The van der Waals surface area contributed by atoms with Gasteiger partial charge in [-0.25, -0.2) is 8.42 Å². The van der Waals surface area contributed by atoms with Gasteiger partial charge in [-0.05, 0) is 25.0 Å². The average molecular weight is 341 g/mol. The molecule has 1 amide bonds. The Kier molecular flexibility index (Phi) is 5.59. The van der Waals surface area contributed by atoms with Gasteiger partial charge in [0.15, 0.2) is 6.73 Å². The molecule has 0 spiro atoms. The van der Waals surface area contributed by atoms with Crippen molar-refractivity contribution in [2.45, 2.75) is 37.5 Å². The molecule has 1 aromatic carbocycles. The Morgan fingerprint density at radius 3 is 2.74 bits per heavy atom. The summed E-state index contributed by atoms with van der Waals surface area (Å²) in [5, 5.41) is 0. The van der Waals surface area contributed by atoms with Crippen LogP contribution in [0.4, 0.5) is 0 Å². The Bertz CT molecular complexity index is 685. The van der Waals surface area contributed by atoms with Gasteiger partial charge in [0.1, 0.15) is 10.6 Å². The lowest BCUT2D eigenvalue weighted by atomic mass is 10.2. The number of nitrogens with zero attached hydrogens (tertiary/aromatic N) is 1. The molecular formula is C15H19NO6S. The predicted octanol–water partition coefficient (Wildman–Crippen LogP) is 1.68. The van der Waals surface area contributed by atoms with E-state index in [1.807, 2.05) is 6.92 Å². The van der Waals surface area contributed by atoms with E-state index in [4.69, 9.17) is 9.47 Å². The zero-order valence-corrected chi connectivity index (χ0v) is 13.7. The van der Waals surface area contributed by atoms with Gasteiger partial charge in [0.05, 0.1) is 6.61 Å². The highest BCUT2D eigenvalue weighted by molar-refractivity contribution is 7.89. The monoisotopic (exact) mass is 341 g/mol. The minimum absolute atomic E-state index is 0.0260. The highest BCUT2D eigenvalue weighted by Gasteiger charge is 2.35. The molecule has 7 nitrogen and oxygen atoms in total. The Hall–Kier alpha value is -2.09. The molecule has 1 heterocycles. The van der Waals surface area contributed by atoms with Crippen molar-refractivity contribution < 1.29 is 27.5 Å². The maximum atomic E-state index is 12.4. The van der Waals surface area contributed by atoms with Gasteiger partial charge in [0.2, 0.25) is 5.91 Å². The van der Waals surface area contributed by atoms with E-state index >= 15 is 0 Å². The summed E-state index contributed by atoms with van der Waals surface area (Å²) in [7, 11) is -3.90. The molecule has 0 radical (unpaired) electrons. The van der Waals surface area contributed by atoms with Crippen LogP contribution in [0.5, 0.6) is 5.75 Å². The average Bonchev–Trinajstić information content (AvgIpc) is 2.53. The first-order valence-corrected chi connectivity index (χ1v) is 8.84. The lowest BCUT2D eigenvalue weighted by Gasteiger charge is -2.28. The maximum absolute atomic E-state index is 12.4. The summed E-state index contributed by atoms with van der Waals surface area (Å²) >= 11 is 0. The highest BCUT2D eigenvalue weighted by atomic mass is 32.2. The molecule has 1 aromatic rings. The number of ether oxygens (including phenoxy) is 2. The molecule has 126 valence electrons. The van der Waals surface area contributed by atoms with E-state index in [0.29, 0.717) is 10.9 Å². The van der Waals surface area contributed by atoms with Gasteiger partial charge in [-0.2, -0.15) is 4.31 Å². The highest BCUT2D eigenvalue weighted by Crippen LogP contribution is 2.31. The number of fused-ring (bicyclic) bond motifs is 1. The molecule has 0 aliphatic carbocycles.